The van der Waals surface area contributed by atoms with Crippen LogP contribution < -0.4 is 21.1 Å². The van der Waals surface area contributed by atoms with E-state index in [2.05, 4.69) is 22.9 Å². The van der Waals surface area contributed by atoms with E-state index < -0.39 is 11.8 Å². The summed E-state index contributed by atoms with van der Waals surface area (Å²) in [6, 6.07) is 15.7. The molecule has 30 heavy (non-hydrogen) atoms. The Kier molecular flexibility index (Phi) is 7.15. The molecule has 0 saturated heterocycles. The lowest BCUT2D eigenvalue weighted by molar-refractivity contribution is -0.123. The number of para-hydroxylation sites is 1. The largest absolute Gasteiger partial charge is 0.484 e. The molecule has 156 valence electrons. The van der Waals surface area contributed by atoms with Crippen LogP contribution in [0.4, 0.5) is 0 Å². The van der Waals surface area contributed by atoms with Crippen molar-refractivity contribution in [1.29, 1.82) is 0 Å². The van der Waals surface area contributed by atoms with Crippen molar-refractivity contribution >= 4 is 22.6 Å². The third-order valence-corrected chi connectivity index (χ3v) is 4.48. The predicted octanol–water partition coefficient (Wildman–Crippen LogP) is 2.43. The minimum absolute atomic E-state index is 0.0750. The molecule has 0 spiro atoms. The highest BCUT2D eigenvalue weighted by atomic mass is 16.5. The molecule has 0 saturated carbocycles. The molecule has 2 N–H and O–H groups in total. The molecule has 0 aliphatic carbocycles. The van der Waals surface area contributed by atoms with Crippen molar-refractivity contribution in [3.63, 3.8) is 0 Å². The standard InChI is InChI=1S/C22H24N4O4/c1-2-3-9-14-26-22(29)18-13-8-7-12-17(18)20(25-26)21(28)24-23-19(27)15-30-16-10-5-4-6-11-16/h4-8,10-13H,2-3,9,14-15H2,1H3,(H,23,27)(H,24,28). The van der Waals surface area contributed by atoms with Gasteiger partial charge in [0, 0.05) is 11.9 Å². The first-order valence-electron chi connectivity index (χ1n) is 9.87. The van der Waals surface area contributed by atoms with Gasteiger partial charge in [0.05, 0.1) is 5.39 Å². The number of aromatic nitrogens is 2. The van der Waals surface area contributed by atoms with E-state index in [0.717, 1.165) is 19.3 Å². The average molecular weight is 408 g/mol. The van der Waals surface area contributed by atoms with Gasteiger partial charge >= 0.3 is 0 Å². The van der Waals surface area contributed by atoms with Crippen molar-refractivity contribution in [2.75, 3.05) is 6.61 Å². The van der Waals surface area contributed by atoms with Crippen molar-refractivity contribution < 1.29 is 14.3 Å². The van der Waals surface area contributed by atoms with E-state index in [-0.39, 0.29) is 17.9 Å². The Balaban J connectivity index is 1.71. The number of benzene rings is 2. The van der Waals surface area contributed by atoms with Crippen molar-refractivity contribution in [2.24, 2.45) is 0 Å². The number of unbranched alkanes of at least 4 members (excludes halogenated alkanes) is 2. The van der Waals surface area contributed by atoms with Gasteiger partial charge < -0.3 is 4.74 Å². The van der Waals surface area contributed by atoms with Crippen molar-refractivity contribution in [2.45, 2.75) is 32.7 Å². The molecule has 2 amide bonds. The number of nitrogens with one attached hydrogen (secondary N) is 2. The summed E-state index contributed by atoms with van der Waals surface area (Å²) in [7, 11) is 0. The SMILES string of the molecule is CCCCCn1nc(C(=O)NNC(=O)COc2ccccc2)c2ccccc2c1=O. The second-order valence-electron chi connectivity index (χ2n) is 6.73. The van der Waals surface area contributed by atoms with E-state index in [9.17, 15) is 14.4 Å². The van der Waals surface area contributed by atoms with Gasteiger partial charge in [-0.1, -0.05) is 56.2 Å². The summed E-state index contributed by atoms with van der Waals surface area (Å²) in [5.74, 6) is -0.581. The van der Waals surface area contributed by atoms with Crippen LogP contribution >= 0.6 is 0 Å². The number of carbonyl (C=O) groups is 2. The van der Waals surface area contributed by atoms with E-state index >= 15 is 0 Å². The van der Waals surface area contributed by atoms with Gasteiger partial charge in [-0.3, -0.25) is 25.2 Å². The number of ether oxygens (including phenoxy) is 1. The maximum absolute atomic E-state index is 12.7. The zero-order chi connectivity index (χ0) is 21.3. The number of nitrogens with zero attached hydrogens (tertiary/aromatic N) is 2. The molecule has 3 rings (SSSR count). The molecule has 0 unspecified atom stereocenters. The fourth-order valence-electron chi connectivity index (χ4n) is 2.95. The summed E-state index contributed by atoms with van der Waals surface area (Å²) < 4.78 is 6.65. The molecule has 3 aromatic rings. The number of carbonyl (C=O) groups excluding carboxylic acids is 2. The van der Waals surface area contributed by atoms with Gasteiger partial charge in [0.1, 0.15) is 5.75 Å². The lowest BCUT2D eigenvalue weighted by Crippen LogP contribution is -2.44. The van der Waals surface area contributed by atoms with Crippen molar-refractivity contribution in [1.82, 2.24) is 20.6 Å². The summed E-state index contributed by atoms with van der Waals surface area (Å²) in [5.41, 5.74) is 4.49. The number of aryl methyl sites for hydroxylation is 1. The molecule has 0 aliphatic rings. The van der Waals surface area contributed by atoms with E-state index in [1.807, 2.05) is 6.07 Å². The van der Waals surface area contributed by atoms with Crippen LogP contribution in [0.25, 0.3) is 10.8 Å². The molecule has 1 aromatic heterocycles. The lowest BCUT2D eigenvalue weighted by Gasteiger charge is -2.12. The molecular formula is C22H24N4O4. The second-order valence-corrected chi connectivity index (χ2v) is 6.73. The van der Waals surface area contributed by atoms with Gasteiger partial charge in [-0.05, 0) is 24.6 Å². The van der Waals surface area contributed by atoms with Gasteiger partial charge in [-0.2, -0.15) is 5.10 Å². The zero-order valence-corrected chi connectivity index (χ0v) is 16.8. The molecule has 0 aliphatic heterocycles. The normalized spacial score (nSPS) is 10.6. The second kappa shape index (κ2) is 10.2. The summed E-state index contributed by atoms with van der Waals surface area (Å²) in [5, 5.41) is 5.10. The highest BCUT2D eigenvalue weighted by molar-refractivity contribution is 6.05. The number of hydrazine groups is 1. The number of amides is 2. The van der Waals surface area contributed by atoms with Crippen molar-refractivity contribution in [3.05, 3.63) is 70.6 Å². The predicted molar refractivity (Wildman–Crippen MR) is 113 cm³/mol. The Morgan fingerprint density at radius 2 is 1.67 bits per heavy atom. The molecule has 8 heteroatoms. The number of hydrogen-bond acceptors (Lipinski definition) is 5. The average Bonchev–Trinajstić information content (AvgIpc) is 2.78. The summed E-state index contributed by atoms with van der Waals surface area (Å²) in [6.07, 6.45) is 2.75. The van der Waals surface area contributed by atoms with E-state index in [0.29, 0.717) is 23.1 Å². The van der Waals surface area contributed by atoms with Crippen molar-refractivity contribution in [3.8, 4) is 5.75 Å². The Morgan fingerprint density at radius 3 is 2.40 bits per heavy atom. The molecule has 0 radical (unpaired) electrons. The minimum Gasteiger partial charge on any atom is -0.484 e. The zero-order valence-electron chi connectivity index (χ0n) is 16.8. The molecule has 0 bridgehead atoms. The van der Waals surface area contributed by atoms with Gasteiger partial charge in [0.25, 0.3) is 17.4 Å². The molecule has 0 atom stereocenters. The fourth-order valence-corrected chi connectivity index (χ4v) is 2.95. The maximum atomic E-state index is 12.7. The van der Waals surface area contributed by atoms with Crippen LogP contribution in [0, 0.1) is 0 Å². The number of fused-ring (bicyclic) bond motifs is 1. The Labute approximate surface area is 173 Å². The maximum Gasteiger partial charge on any atom is 0.290 e. The summed E-state index contributed by atoms with van der Waals surface area (Å²) in [4.78, 5) is 37.3. The third kappa shape index (κ3) is 5.22. The van der Waals surface area contributed by atoms with E-state index in [4.69, 9.17) is 4.74 Å². The third-order valence-electron chi connectivity index (χ3n) is 4.48. The lowest BCUT2D eigenvalue weighted by atomic mass is 10.1. The van der Waals surface area contributed by atoms with Crippen LogP contribution in [0.5, 0.6) is 5.75 Å². The highest BCUT2D eigenvalue weighted by Gasteiger charge is 2.17. The van der Waals surface area contributed by atoms with Crippen LogP contribution in [-0.2, 0) is 11.3 Å². The van der Waals surface area contributed by atoms with Crippen LogP contribution in [0.1, 0.15) is 36.7 Å². The fraction of sp³-hybridized carbons (Fsp3) is 0.273. The topological polar surface area (TPSA) is 102 Å². The van der Waals surface area contributed by atoms with Gasteiger partial charge in [0.15, 0.2) is 12.3 Å². The van der Waals surface area contributed by atoms with Crippen LogP contribution in [0.3, 0.4) is 0 Å². The first-order chi connectivity index (χ1) is 14.6. The Bertz CT molecular complexity index is 1080. The summed E-state index contributed by atoms with van der Waals surface area (Å²) in [6.45, 7) is 2.24. The molecule has 8 nitrogen and oxygen atoms in total. The number of hydrogen-bond donors (Lipinski definition) is 2. The minimum atomic E-state index is -0.608. The Hall–Kier alpha value is -3.68. The molecular weight excluding hydrogens is 384 g/mol. The molecule has 2 aromatic carbocycles. The smallest absolute Gasteiger partial charge is 0.290 e. The van der Waals surface area contributed by atoms with E-state index in [1.165, 1.54) is 4.68 Å². The monoisotopic (exact) mass is 408 g/mol. The van der Waals surface area contributed by atoms with Gasteiger partial charge in [-0.15, -0.1) is 0 Å². The summed E-state index contributed by atoms with van der Waals surface area (Å²) >= 11 is 0. The van der Waals surface area contributed by atoms with Crippen LogP contribution in [0.2, 0.25) is 0 Å². The molecule has 1 heterocycles. The van der Waals surface area contributed by atoms with E-state index in [1.54, 1.807) is 48.5 Å². The van der Waals surface area contributed by atoms with Gasteiger partial charge in [-0.25, -0.2) is 4.68 Å². The number of rotatable bonds is 8. The first-order valence-corrected chi connectivity index (χ1v) is 9.87. The Morgan fingerprint density at radius 1 is 0.967 bits per heavy atom. The molecule has 0 fully saturated rings. The van der Waals surface area contributed by atoms with Crippen LogP contribution in [-0.4, -0.2) is 28.2 Å². The first kappa shape index (κ1) is 21.0. The highest BCUT2D eigenvalue weighted by Crippen LogP contribution is 2.13. The quantitative estimate of drug-likeness (QED) is 0.440. The van der Waals surface area contributed by atoms with Crippen LogP contribution in [0.15, 0.2) is 59.4 Å². The van der Waals surface area contributed by atoms with Gasteiger partial charge in [0.2, 0.25) is 0 Å².